The first-order valence-electron chi connectivity index (χ1n) is 5.56. The number of likely N-dealkylation sites (N-methyl/N-ethyl adjacent to an activating group) is 1. The number of aliphatic hydroxyl groups is 1. The summed E-state index contributed by atoms with van der Waals surface area (Å²) in [5, 5.41) is 12.6. The number of aromatic nitrogens is 1. The topological polar surface area (TPSA) is 36.4 Å². The maximum absolute atomic E-state index is 9.46. The van der Waals surface area contributed by atoms with E-state index in [0.717, 1.165) is 17.2 Å². The Hall–Kier alpha value is -0.450. The Labute approximate surface area is 102 Å². The normalized spacial score (nSPS) is 14.4. The van der Waals surface area contributed by atoms with Gasteiger partial charge in [-0.15, -0.1) is 11.3 Å². The van der Waals surface area contributed by atoms with E-state index in [9.17, 15) is 5.11 Å². The highest BCUT2D eigenvalue weighted by molar-refractivity contribution is 7.09. The molecular weight excluding hydrogens is 220 g/mol. The molecule has 0 aliphatic heterocycles. The number of nitrogens with zero attached hydrogens (tertiary/aromatic N) is 2. The van der Waals surface area contributed by atoms with Crippen molar-refractivity contribution < 1.29 is 5.11 Å². The minimum absolute atomic E-state index is 0.0792. The van der Waals surface area contributed by atoms with Crippen molar-refractivity contribution in [2.45, 2.75) is 40.3 Å². The first kappa shape index (κ1) is 13.6. The van der Waals surface area contributed by atoms with Crippen LogP contribution in [0.15, 0.2) is 5.38 Å². The summed E-state index contributed by atoms with van der Waals surface area (Å²) >= 11 is 1.68. The second-order valence-electron chi connectivity index (χ2n) is 5.36. The van der Waals surface area contributed by atoms with Crippen molar-refractivity contribution in [3.63, 3.8) is 0 Å². The average molecular weight is 242 g/mol. The maximum atomic E-state index is 9.46. The molecule has 0 spiro atoms. The summed E-state index contributed by atoms with van der Waals surface area (Å²) in [5.74, 6) is 0. The van der Waals surface area contributed by atoms with E-state index < -0.39 is 0 Å². The Morgan fingerprint density at radius 2 is 2.12 bits per heavy atom. The van der Waals surface area contributed by atoms with Gasteiger partial charge >= 0.3 is 0 Å². The third-order valence-electron chi connectivity index (χ3n) is 2.76. The first-order chi connectivity index (χ1) is 7.34. The van der Waals surface area contributed by atoms with Gasteiger partial charge in [0.05, 0.1) is 13.2 Å². The summed E-state index contributed by atoms with van der Waals surface area (Å²) in [6.45, 7) is 9.45. The molecule has 1 N–H and O–H groups in total. The van der Waals surface area contributed by atoms with E-state index >= 15 is 0 Å². The molecule has 1 aromatic rings. The molecule has 0 aromatic carbocycles. The molecule has 0 radical (unpaired) electrons. The molecule has 0 aliphatic carbocycles. The molecule has 0 aliphatic rings. The molecular formula is C12H22N2OS. The zero-order valence-corrected chi connectivity index (χ0v) is 11.6. The predicted molar refractivity (Wildman–Crippen MR) is 68.6 cm³/mol. The van der Waals surface area contributed by atoms with E-state index in [1.54, 1.807) is 11.3 Å². The van der Waals surface area contributed by atoms with Crippen LogP contribution in [0.3, 0.4) is 0 Å². The Morgan fingerprint density at radius 3 is 2.50 bits per heavy atom. The summed E-state index contributed by atoms with van der Waals surface area (Å²) in [7, 11) is 2.04. The quantitative estimate of drug-likeness (QED) is 0.880. The van der Waals surface area contributed by atoms with E-state index in [2.05, 4.69) is 36.0 Å². The lowest BCUT2D eigenvalue weighted by Gasteiger charge is -2.36. The fourth-order valence-corrected chi connectivity index (χ4v) is 2.71. The number of thiazole rings is 1. The molecule has 1 aromatic heterocycles. The maximum Gasteiger partial charge on any atom is 0.107 e. The van der Waals surface area contributed by atoms with Gasteiger partial charge in [-0.25, -0.2) is 4.98 Å². The van der Waals surface area contributed by atoms with Crippen LogP contribution >= 0.6 is 11.3 Å². The molecule has 0 bridgehead atoms. The molecule has 1 atom stereocenters. The fourth-order valence-electron chi connectivity index (χ4n) is 1.87. The smallest absolute Gasteiger partial charge is 0.107 e. The van der Waals surface area contributed by atoms with Crippen molar-refractivity contribution in [2.75, 3.05) is 13.7 Å². The fraction of sp³-hybridized carbons (Fsp3) is 0.750. The van der Waals surface area contributed by atoms with Gasteiger partial charge in [-0.3, -0.25) is 4.90 Å². The zero-order valence-electron chi connectivity index (χ0n) is 10.8. The first-order valence-corrected chi connectivity index (χ1v) is 6.44. The van der Waals surface area contributed by atoms with Crippen LogP contribution in [0, 0.1) is 12.3 Å². The van der Waals surface area contributed by atoms with Gasteiger partial charge in [0.15, 0.2) is 0 Å². The summed E-state index contributed by atoms with van der Waals surface area (Å²) < 4.78 is 0. The van der Waals surface area contributed by atoms with Crippen molar-refractivity contribution in [1.82, 2.24) is 9.88 Å². The van der Waals surface area contributed by atoms with Gasteiger partial charge in [0.1, 0.15) is 5.01 Å². The average Bonchev–Trinajstić information content (AvgIpc) is 2.49. The van der Waals surface area contributed by atoms with Crippen LogP contribution in [0.2, 0.25) is 0 Å². The standard InChI is InChI=1S/C12H22N2OS/c1-9-8-16-11(13-9)6-14(5)10(7-15)12(2,3)4/h8,10,15H,6-7H2,1-5H3. The molecule has 92 valence electrons. The Bertz CT molecular complexity index is 330. The van der Waals surface area contributed by atoms with Crippen LogP contribution < -0.4 is 0 Å². The van der Waals surface area contributed by atoms with Gasteiger partial charge < -0.3 is 5.11 Å². The number of aliphatic hydroxyl groups excluding tert-OH is 1. The van der Waals surface area contributed by atoms with Gasteiger partial charge in [-0.1, -0.05) is 20.8 Å². The van der Waals surface area contributed by atoms with Crippen LogP contribution in [0.1, 0.15) is 31.5 Å². The number of hydrogen-bond acceptors (Lipinski definition) is 4. The van der Waals surface area contributed by atoms with Gasteiger partial charge in [0.25, 0.3) is 0 Å². The van der Waals surface area contributed by atoms with Gasteiger partial charge in [-0.05, 0) is 19.4 Å². The van der Waals surface area contributed by atoms with Crippen LogP contribution in [-0.2, 0) is 6.54 Å². The summed E-state index contributed by atoms with van der Waals surface area (Å²) in [4.78, 5) is 6.62. The lowest BCUT2D eigenvalue weighted by molar-refractivity contribution is 0.0614. The molecule has 1 heterocycles. The minimum Gasteiger partial charge on any atom is -0.395 e. The number of aryl methyl sites for hydroxylation is 1. The van der Waals surface area contributed by atoms with Gasteiger partial charge in [0.2, 0.25) is 0 Å². The van der Waals surface area contributed by atoms with Crippen molar-refractivity contribution in [3.8, 4) is 0 Å². The Morgan fingerprint density at radius 1 is 1.50 bits per heavy atom. The predicted octanol–water partition coefficient (Wildman–Crippen LogP) is 2.29. The van der Waals surface area contributed by atoms with E-state index in [-0.39, 0.29) is 18.1 Å². The van der Waals surface area contributed by atoms with Gasteiger partial charge in [0, 0.05) is 17.1 Å². The highest BCUT2D eigenvalue weighted by atomic mass is 32.1. The van der Waals surface area contributed by atoms with Crippen LogP contribution in [-0.4, -0.2) is 34.7 Å². The highest BCUT2D eigenvalue weighted by Crippen LogP contribution is 2.24. The van der Waals surface area contributed by atoms with Crippen LogP contribution in [0.5, 0.6) is 0 Å². The third-order valence-corrected chi connectivity index (χ3v) is 3.71. The zero-order chi connectivity index (χ0) is 12.3. The molecule has 0 saturated carbocycles. The molecule has 1 unspecified atom stereocenters. The highest BCUT2D eigenvalue weighted by Gasteiger charge is 2.27. The van der Waals surface area contributed by atoms with Crippen molar-refractivity contribution in [2.24, 2.45) is 5.41 Å². The van der Waals surface area contributed by atoms with Crippen molar-refractivity contribution >= 4 is 11.3 Å². The van der Waals surface area contributed by atoms with Crippen LogP contribution in [0.4, 0.5) is 0 Å². The number of rotatable bonds is 4. The molecule has 16 heavy (non-hydrogen) atoms. The molecule has 0 fully saturated rings. The van der Waals surface area contributed by atoms with E-state index in [1.807, 2.05) is 14.0 Å². The summed E-state index contributed by atoms with van der Waals surface area (Å²) in [6, 6.07) is 0.164. The van der Waals surface area contributed by atoms with Crippen molar-refractivity contribution in [1.29, 1.82) is 0 Å². The largest absolute Gasteiger partial charge is 0.395 e. The lowest BCUT2D eigenvalue weighted by atomic mass is 9.86. The van der Waals surface area contributed by atoms with Crippen molar-refractivity contribution in [3.05, 3.63) is 16.1 Å². The monoisotopic (exact) mass is 242 g/mol. The summed E-state index contributed by atoms with van der Waals surface area (Å²) in [6.07, 6.45) is 0. The molecule has 1 rings (SSSR count). The minimum atomic E-state index is 0.0792. The Balaban J connectivity index is 2.66. The van der Waals surface area contributed by atoms with Gasteiger partial charge in [-0.2, -0.15) is 0 Å². The van der Waals surface area contributed by atoms with E-state index in [0.29, 0.717) is 0 Å². The van der Waals surface area contributed by atoms with Crippen LogP contribution in [0.25, 0.3) is 0 Å². The van der Waals surface area contributed by atoms with E-state index in [4.69, 9.17) is 0 Å². The van der Waals surface area contributed by atoms with E-state index in [1.165, 1.54) is 0 Å². The molecule has 0 saturated heterocycles. The molecule has 0 amide bonds. The summed E-state index contributed by atoms with van der Waals surface area (Å²) in [5.41, 5.74) is 1.15. The number of hydrogen-bond donors (Lipinski definition) is 1. The second kappa shape index (κ2) is 5.25. The molecule has 4 heteroatoms. The third kappa shape index (κ3) is 3.54. The Kier molecular flexibility index (Phi) is 4.47. The SMILES string of the molecule is Cc1csc(CN(C)C(CO)C(C)(C)C)n1. The lowest BCUT2D eigenvalue weighted by Crippen LogP contribution is -2.43. The second-order valence-corrected chi connectivity index (χ2v) is 6.30. The molecule has 3 nitrogen and oxygen atoms in total.